The van der Waals surface area contributed by atoms with Gasteiger partial charge >= 0.3 is 0 Å². The molecule has 0 fully saturated rings. The standard InChI is InChI=1S/C11H22BrF2OP/c1-3-16(15,4-2)11(13,14)9-7-5-6-8-10-12/h3-10H2,1-2H3. The van der Waals surface area contributed by atoms with E-state index in [0.717, 1.165) is 24.6 Å². The molecule has 5 heteroatoms. The predicted octanol–water partition coefficient (Wildman–Crippen LogP) is 5.33. The van der Waals surface area contributed by atoms with Crippen LogP contribution in [0.2, 0.25) is 0 Å². The largest absolute Gasteiger partial charge is 0.317 e. The number of unbranched alkanes of at least 4 members (excludes halogenated alkanes) is 3. The molecular weight excluding hydrogens is 297 g/mol. The molecule has 0 radical (unpaired) electrons. The van der Waals surface area contributed by atoms with E-state index in [4.69, 9.17) is 0 Å². The van der Waals surface area contributed by atoms with Crippen molar-refractivity contribution in [3.05, 3.63) is 0 Å². The fourth-order valence-corrected chi connectivity index (χ4v) is 4.01. The minimum absolute atomic E-state index is 0.109. The first-order chi connectivity index (χ1) is 7.43. The van der Waals surface area contributed by atoms with Crippen molar-refractivity contribution in [2.45, 2.75) is 51.6 Å². The van der Waals surface area contributed by atoms with Crippen molar-refractivity contribution in [3.8, 4) is 0 Å². The van der Waals surface area contributed by atoms with Gasteiger partial charge in [0.25, 0.3) is 5.66 Å². The fourth-order valence-electron chi connectivity index (χ4n) is 1.68. The lowest BCUT2D eigenvalue weighted by Gasteiger charge is -2.25. The zero-order valence-corrected chi connectivity index (χ0v) is 12.6. The SMILES string of the molecule is CCP(=O)(CC)C(F)(F)CCCCCCBr. The van der Waals surface area contributed by atoms with Gasteiger partial charge in [-0.15, -0.1) is 0 Å². The molecule has 16 heavy (non-hydrogen) atoms. The Morgan fingerprint density at radius 3 is 2.00 bits per heavy atom. The molecule has 0 spiro atoms. The summed E-state index contributed by atoms with van der Waals surface area (Å²) < 4.78 is 39.4. The van der Waals surface area contributed by atoms with Gasteiger partial charge < -0.3 is 4.57 Å². The lowest BCUT2D eigenvalue weighted by atomic mass is 10.2. The van der Waals surface area contributed by atoms with Crippen LogP contribution in [-0.2, 0) is 4.57 Å². The van der Waals surface area contributed by atoms with Crippen LogP contribution in [0.4, 0.5) is 8.78 Å². The molecule has 0 unspecified atom stereocenters. The van der Waals surface area contributed by atoms with Crippen molar-refractivity contribution in [3.63, 3.8) is 0 Å². The van der Waals surface area contributed by atoms with Gasteiger partial charge in [0.15, 0.2) is 7.14 Å². The molecule has 0 aliphatic heterocycles. The van der Waals surface area contributed by atoms with Crippen molar-refractivity contribution >= 4 is 23.1 Å². The fraction of sp³-hybridized carbons (Fsp3) is 1.00. The maximum absolute atomic E-state index is 13.7. The summed E-state index contributed by atoms with van der Waals surface area (Å²) in [7, 11) is -3.28. The average molecular weight is 319 g/mol. The van der Waals surface area contributed by atoms with Gasteiger partial charge in [0.1, 0.15) is 0 Å². The van der Waals surface area contributed by atoms with Gasteiger partial charge in [0, 0.05) is 24.1 Å². The highest BCUT2D eigenvalue weighted by atomic mass is 79.9. The van der Waals surface area contributed by atoms with Gasteiger partial charge in [-0.05, 0) is 12.8 Å². The van der Waals surface area contributed by atoms with E-state index in [2.05, 4.69) is 15.9 Å². The second-order valence-electron chi connectivity index (χ2n) is 4.04. The number of hydrogen-bond donors (Lipinski definition) is 0. The lowest BCUT2D eigenvalue weighted by Crippen LogP contribution is -2.19. The predicted molar refractivity (Wildman–Crippen MR) is 70.5 cm³/mol. The Labute approximate surface area is 106 Å². The molecule has 0 amide bonds. The van der Waals surface area contributed by atoms with Gasteiger partial charge in [0.2, 0.25) is 0 Å². The summed E-state index contributed by atoms with van der Waals surface area (Å²) in [5.74, 6) is 0. The van der Waals surface area contributed by atoms with Crippen LogP contribution in [0.3, 0.4) is 0 Å². The number of rotatable bonds is 9. The number of alkyl halides is 3. The first kappa shape index (κ1) is 16.6. The third-order valence-electron chi connectivity index (χ3n) is 2.98. The van der Waals surface area contributed by atoms with Crippen LogP contribution in [0.1, 0.15) is 46.0 Å². The monoisotopic (exact) mass is 318 g/mol. The summed E-state index contributed by atoms with van der Waals surface area (Å²) in [4.78, 5) is 0. The minimum atomic E-state index is -3.28. The molecule has 98 valence electrons. The van der Waals surface area contributed by atoms with Crippen LogP contribution in [0.25, 0.3) is 0 Å². The summed E-state index contributed by atoms with van der Waals surface area (Å²) in [5, 5.41) is 0.922. The van der Waals surface area contributed by atoms with Crippen molar-refractivity contribution < 1.29 is 13.3 Å². The summed E-state index contributed by atoms with van der Waals surface area (Å²) in [6.45, 7) is 3.20. The average Bonchev–Trinajstić information content (AvgIpc) is 2.27. The summed E-state index contributed by atoms with van der Waals surface area (Å²) >= 11 is 3.30. The number of halogens is 3. The van der Waals surface area contributed by atoms with Crippen LogP contribution in [0.15, 0.2) is 0 Å². The van der Waals surface area contributed by atoms with Crippen LogP contribution in [0, 0.1) is 0 Å². The Hall–Kier alpha value is 0.570. The molecule has 0 rings (SSSR count). The summed E-state index contributed by atoms with van der Waals surface area (Å²) in [6.07, 6.45) is 3.26. The molecule has 0 heterocycles. The normalized spacial score (nSPS) is 13.1. The molecule has 0 N–H and O–H groups in total. The second kappa shape index (κ2) is 7.81. The highest BCUT2D eigenvalue weighted by Gasteiger charge is 2.46. The van der Waals surface area contributed by atoms with E-state index in [0.29, 0.717) is 6.42 Å². The third-order valence-corrected chi connectivity index (χ3v) is 7.00. The molecule has 0 aromatic rings. The maximum atomic E-state index is 13.7. The zero-order valence-electron chi connectivity index (χ0n) is 10.1. The van der Waals surface area contributed by atoms with E-state index in [1.807, 2.05) is 0 Å². The molecular formula is C11H22BrF2OP. The highest BCUT2D eigenvalue weighted by Crippen LogP contribution is 2.61. The Kier molecular flexibility index (Phi) is 8.09. The Bertz CT molecular complexity index is 226. The van der Waals surface area contributed by atoms with Gasteiger partial charge in [-0.2, -0.15) is 8.78 Å². The van der Waals surface area contributed by atoms with E-state index in [-0.39, 0.29) is 18.7 Å². The van der Waals surface area contributed by atoms with Crippen LogP contribution >= 0.6 is 23.1 Å². The molecule has 0 aromatic carbocycles. The van der Waals surface area contributed by atoms with Crippen LogP contribution in [-0.4, -0.2) is 23.3 Å². The molecule has 0 saturated heterocycles. The van der Waals surface area contributed by atoms with Crippen LogP contribution in [0.5, 0.6) is 0 Å². The van der Waals surface area contributed by atoms with Crippen molar-refractivity contribution in [1.82, 2.24) is 0 Å². The van der Waals surface area contributed by atoms with E-state index in [9.17, 15) is 13.3 Å². The van der Waals surface area contributed by atoms with Gasteiger partial charge in [-0.3, -0.25) is 0 Å². The van der Waals surface area contributed by atoms with Gasteiger partial charge in [-0.25, -0.2) is 0 Å². The molecule has 0 aromatic heterocycles. The topological polar surface area (TPSA) is 17.1 Å². The lowest BCUT2D eigenvalue weighted by molar-refractivity contribution is 0.0762. The third kappa shape index (κ3) is 4.83. The van der Waals surface area contributed by atoms with E-state index in [1.165, 1.54) is 0 Å². The van der Waals surface area contributed by atoms with Crippen molar-refractivity contribution in [1.29, 1.82) is 0 Å². The Morgan fingerprint density at radius 2 is 1.56 bits per heavy atom. The Balaban J connectivity index is 4.08. The molecule has 0 bridgehead atoms. The molecule has 0 aliphatic rings. The van der Waals surface area contributed by atoms with Gasteiger partial charge in [-0.1, -0.05) is 42.6 Å². The maximum Gasteiger partial charge on any atom is 0.298 e. The Morgan fingerprint density at radius 1 is 1.06 bits per heavy atom. The quantitative estimate of drug-likeness (QED) is 0.319. The minimum Gasteiger partial charge on any atom is -0.317 e. The van der Waals surface area contributed by atoms with E-state index < -0.39 is 12.8 Å². The van der Waals surface area contributed by atoms with Crippen molar-refractivity contribution in [2.75, 3.05) is 17.7 Å². The first-order valence-corrected chi connectivity index (χ1v) is 9.15. The molecule has 1 nitrogen and oxygen atoms in total. The van der Waals surface area contributed by atoms with E-state index in [1.54, 1.807) is 13.8 Å². The second-order valence-corrected chi connectivity index (χ2v) is 8.53. The molecule has 0 atom stereocenters. The highest BCUT2D eigenvalue weighted by molar-refractivity contribution is 9.09. The summed E-state index contributed by atoms with van der Waals surface area (Å²) in [6, 6.07) is 0. The first-order valence-electron chi connectivity index (χ1n) is 5.95. The zero-order chi connectivity index (χ0) is 12.7. The summed E-state index contributed by atoms with van der Waals surface area (Å²) in [5.41, 5.74) is -2.95. The molecule has 0 aliphatic carbocycles. The van der Waals surface area contributed by atoms with Crippen molar-refractivity contribution in [2.24, 2.45) is 0 Å². The number of hydrogen-bond acceptors (Lipinski definition) is 1. The van der Waals surface area contributed by atoms with E-state index >= 15 is 0 Å². The van der Waals surface area contributed by atoms with Crippen LogP contribution < -0.4 is 0 Å². The smallest absolute Gasteiger partial charge is 0.298 e. The molecule has 0 saturated carbocycles. The van der Waals surface area contributed by atoms with Gasteiger partial charge in [0.05, 0.1) is 0 Å².